The first kappa shape index (κ1) is 12.9. The Morgan fingerprint density at radius 1 is 0.955 bits per heavy atom. The monoisotopic (exact) mass is 288 g/mol. The van der Waals surface area contributed by atoms with Crippen LogP contribution in [0, 0.1) is 0 Å². The molecule has 1 aliphatic rings. The molecule has 0 bridgehead atoms. The summed E-state index contributed by atoms with van der Waals surface area (Å²) in [7, 11) is 0. The van der Waals surface area contributed by atoms with Crippen molar-refractivity contribution >= 4 is 22.4 Å². The van der Waals surface area contributed by atoms with E-state index < -0.39 is 5.54 Å². The van der Waals surface area contributed by atoms with Gasteiger partial charge in [-0.15, -0.1) is 0 Å². The fourth-order valence-corrected chi connectivity index (χ4v) is 3.28. The summed E-state index contributed by atoms with van der Waals surface area (Å²) in [6, 6.07) is 22.2. The number of hydrogen-bond acceptors (Lipinski definition) is 2. The second-order valence-corrected chi connectivity index (χ2v) is 5.79. The lowest BCUT2D eigenvalue weighted by Gasteiger charge is -2.27. The lowest BCUT2D eigenvalue weighted by atomic mass is 9.85. The third kappa shape index (κ3) is 1.79. The summed E-state index contributed by atoms with van der Waals surface area (Å²) in [5, 5.41) is 5.62. The minimum absolute atomic E-state index is 0.348. The first-order valence-electron chi connectivity index (χ1n) is 7.34. The van der Waals surface area contributed by atoms with Gasteiger partial charge in [0.2, 0.25) is 5.91 Å². The van der Waals surface area contributed by atoms with Crippen molar-refractivity contribution in [2.45, 2.75) is 12.0 Å². The summed E-state index contributed by atoms with van der Waals surface area (Å²) in [6.45, 7) is 0. The Bertz CT molecular complexity index is 860. The number of carbonyl (C=O) groups excluding carboxylic acids is 1. The molecule has 0 aromatic heterocycles. The molecule has 0 fully saturated rings. The summed E-state index contributed by atoms with van der Waals surface area (Å²) >= 11 is 0. The molecule has 1 heterocycles. The van der Waals surface area contributed by atoms with E-state index in [0.29, 0.717) is 6.42 Å². The van der Waals surface area contributed by atoms with Crippen LogP contribution in [-0.2, 0) is 16.8 Å². The van der Waals surface area contributed by atoms with Crippen molar-refractivity contribution in [2.75, 3.05) is 5.32 Å². The highest BCUT2D eigenvalue weighted by atomic mass is 16.1. The number of para-hydroxylation sites is 1. The molecule has 3 aromatic rings. The number of nitrogens with one attached hydrogen (secondary N) is 1. The van der Waals surface area contributed by atoms with E-state index in [0.717, 1.165) is 27.6 Å². The Balaban J connectivity index is 1.88. The highest BCUT2D eigenvalue weighted by Gasteiger charge is 2.43. The maximum Gasteiger partial charge on any atom is 0.248 e. The molecular weight excluding hydrogens is 272 g/mol. The molecule has 22 heavy (non-hydrogen) atoms. The molecule has 1 amide bonds. The minimum Gasteiger partial charge on any atom is -0.367 e. The predicted octanol–water partition coefficient (Wildman–Crippen LogP) is 3.19. The van der Waals surface area contributed by atoms with Crippen LogP contribution < -0.4 is 11.1 Å². The Morgan fingerprint density at radius 2 is 1.68 bits per heavy atom. The molecular formula is C19H16N2O. The number of carbonyl (C=O) groups is 1. The number of benzene rings is 3. The lowest BCUT2D eigenvalue weighted by Crippen LogP contribution is -2.46. The Morgan fingerprint density at radius 3 is 2.45 bits per heavy atom. The molecule has 0 saturated heterocycles. The summed E-state index contributed by atoms with van der Waals surface area (Å²) in [5.74, 6) is -0.348. The van der Waals surface area contributed by atoms with Crippen LogP contribution in [0.2, 0.25) is 0 Å². The van der Waals surface area contributed by atoms with Gasteiger partial charge in [0.1, 0.15) is 5.54 Å². The van der Waals surface area contributed by atoms with Crippen LogP contribution in [0.3, 0.4) is 0 Å². The van der Waals surface area contributed by atoms with Crippen LogP contribution >= 0.6 is 0 Å². The maximum absolute atomic E-state index is 12.3. The van der Waals surface area contributed by atoms with Gasteiger partial charge in [-0.2, -0.15) is 0 Å². The van der Waals surface area contributed by atoms with Crippen molar-refractivity contribution in [1.82, 2.24) is 0 Å². The zero-order valence-corrected chi connectivity index (χ0v) is 12.0. The smallest absolute Gasteiger partial charge is 0.248 e. The van der Waals surface area contributed by atoms with Crippen molar-refractivity contribution in [3.63, 3.8) is 0 Å². The van der Waals surface area contributed by atoms with E-state index in [1.165, 1.54) is 0 Å². The average molecular weight is 288 g/mol. The van der Waals surface area contributed by atoms with Crippen LogP contribution in [-0.4, -0.2) is 5.91 Å². The number of rotatable bonds is 2. The SMILES string of the molecule is NC(=O)C1(c2ccc3ccccc3c2)Cc2ccccc2N1. The van der Waals surface area contributed by atoms with Crippen molar-refractivity contribution < 1.29 is 4.79 Å². The largest absolute Gasteiger partial charge is 0.367 e. The van der Waals surface area contributed by atoms with E-state index in [4.69, 9.17) is 5.73 Å². The van der Waals surface area contributed by atoms with Crippen LogP contribution in [0.25, 0.3) is 10.8 Å². The molecule has 0 saturated carbocycles. The highest BCUT2D eigenvalue weighted by Crippen LogP contribution is 2.39. The van der Waals surface area contributed by atoms with Gasteiger partial charge in [0, 0.05) is 12.1 Å². The fraction of sp³-hybridized carbons (Fsp3) is 0.105. The summed E-state index contributed by atoms with van der Waals surface area (Å²) < 4.78 is 0. The summed E-state index contributed by atoms with van der Waals surface area (Å²) in [4.78, 5) is 12.3. The zero-order chi connectivity index (χ0) is 15.2. The maximum atomic E-state index is 12.3. The summed E-state index contributed by atoms with van der Waals surface area (Å²) in [5.41, 5.74) is 7.93. The Hall–Kier alpha value is -2.81. The molecule has 3 nitrogen and oxygen atoms in total. The summed E-state index contributed by atoms with van der Waals surface area (Å²) in [6.07, 6.45) is 0.580. The number of hydrogen-bond donors (Lipinski definition) is 2. The van der Waals surface area contributed by atoms with E-state index in [1.54, 1.807) is 0 Å². The van der Waals surface area contributed by atoms with Gasteiger partial charge >= 0.3 is 0 Å². The zero-order valence-electron chi connectivity index (χ0n) is 12.0. The van der Waals surface area contributed by atoms with E-state index in [2.05, 4.69) is 23.5 Å². The van der Waals surface area contributed by atoms with E-state index in [9.17, 15) is 4.79 Å². The van der Waals surface area contributed by atoms with Crippen molar-refractivity contribution in [3.05, 3.63) is 77.9 Å². The van der Waals surface area contributed by atoms with Crippen molar-refractivity contribution in [1.29, 1.82) is 0 Å². The van der Waals surface area contributed by atoms with Gasteiger partial charge in [-0.1, -0.05) is 54.6 Å². The number of anilines is 1. The Kier molecular flexibility index (Phi) is 2.70. The number of nitrogens with two attached hydrogens (primary N) is 1. The minimum atomic E-state index is -0.867. The molecule has 1 atom stereocenters. The van der Waals surface area contributed by atoms with Gasteiger partial charge < -0.3 is 11.1 Å². The molecule has 3 heteroatoms. The molecule has 1 aliphatic heterocycles. The Labute approximate surface area is 128 Å². The van der Waals surface area contributed by atoms with Gasteiger partial charge in [-0.3, -0.25) is 4.79 Å². The third-order valence-electron chi connectivity index (χ3n) is 4.48. The van der Waals surface area contributed by atoms with Gasteiger partial charge in [0.25, 0.3) is 0 Å². The second kappa shape index (κ2) is 4.60. The fourth-order valence-electron chi connectivity index (χ4n) is 3.28. The molecule has 4 rings (SSSR count). The standard InChI is InChI=1S/C19H16N2O/c20-18(22)19(12-15-7-3-4-8-17(15)21-19)16-10-9-13-5-1-2-6-14(13)11-16/h1-11,21H,12H2,(H2,20,22). The molecule has 0 spiro atoms. The van der Waals surface area contributed by atoms with E-state index in [-0.39, 0.29) is 5.91 Å². The van der Waals surface area contributed by atoms with Gasteiger partial charge in [0.15, 0.2) is 0 Å². The second-order valence-electron chi connectivity index (χ2n) is 5.79. The molecule has 1 unspecified atom stereocenters. The quantitative estimate of drug-likeness (QED) is 0.761. The van der Waals surface area contributed by atoms with Gasteiger partial charge in [0.05, 0.1) is 0 Å². The highest BCUT2D eigenvalue weighted by molar-refractivity contribution is 5.94. The van der Waals surface area contributed by atoms with Gasteiger partial charge in [-0.05, 0) is 34.0 Å². The normalized spacial score (nSPS) is 19.6. The number of amides is 1. The molecule has 0 radical (unpaired) electrons. The van der Waals surface area contributed by atoms with Crippen molar-refractivity contribution in [2.24, 2.45) is 5.73 Å². The number of fused-ring (bicyclic) bond motifs is 2. The molecule has 108 valence electrons. The van der Waals surface area contributed by atoms with Crippen LogP contribution in [0.4, 0.5) is 5.69 Å². The van der Waals surface area contributed by atoms with E-state index >= 15 is 0 Å². The first-order valence-corrected chi connectivity index (χ1v) is 7.34. The van der Waals surface area contributed by atoms with Crippen LogP contribution in [0.15, 0.2) is 66.7 Å². The predicted molar refractivity (Wildman–Crippen MR) is 88.6 cm³/mol. The van der Waals surface area contributed by atoms with E-state index in [1.807, 2.05) is 48.5 Å². The molecule has 0 aliphatic carbocycles. The van der Waals surface area contributed by atoms with Crippen molar-refractivity contribution in [3.8, 4) is 0 Å². The number of primary amides is 1. The lowest BCUT2D eigenvalue weighted by molar-refractivity contribution is -0.122. The third-order valence-corrected chi connectivity index (χ3v) is 4.48. The average Bonchev–Trinajstić information content (AvgIpc) is 2.95. The molecule has 3 aromatic carbocycles. The first-order chi connectivity index (χ1) is 10.7. The topological polar surface area (TPSA) is 55.1 Å². The molecule has 3 N–H and O–H groups in total. The van der Waals surface area contributed by atoms with Crippen LogP contribution in [0.1, 0.15) is 11.1 Å². The van der Waals surface area contributed by atoms with Crippen LogP contribution in [0.5, 0.6) is 0 Å². The van der Waals surface area contributed by atoms with Gasteiger partial charge in [-0.25, -0.2) is 0 Å².